The number of rotatable bonds is 7. The van der Waals surface area contributed by atoms with Crippen LogP contribution in [-0.2, 0) is 21.8 Å². The number of nitrogens with zero attached hydrogens (tertiary/aromatic N) is 3. The van der Waals surface area contributed by atoms with Gasteiger partial charge in [-0.3, -0.25) is 4.79 Å². The van der Waals surface area contributed by atoms with Gasteiger partial charge in [0.25, 0.3) is 5.91 Å². The molecule has 1 amide bonds. The van der Waals surface area contributed by atoms with Crippen molar-refractivity contribution in [1.82, 2.24) is 4.98 Å². The number of pyridine rings is 1. The van der Waals surface area contributed by atoms with Gasteiger partial charge < -0.3 is 14.2 Å². The molecule has 2 heterocycles. The second-order valence-electron chi connectivity index (χ2n) is 11.4. The van der Waals surface area contributed by atoms with Gasteiger partial charge in [-0.15, -0.1) is 6.58 Å². The van der Waals surface area contributed by atoms with Gasteiger partial charge >= 0.3 is 6.18 Å². The maximum atomic E-state index is 14.2. The number of allylic oxidation sites excluding steroid dienone is 1. The third-order valence-electron chi connectivity index (χ3n) is 7.55. The molecule has 1 aliphatic rings. The summed E-state index contributed by atoms with van der Waals surface area (Å²) in [4.78, 5) is 21.6. The van der Waals surface area contributed by atoms with Crippen LogP contribution in [0.5, 0.6) is 0 Å². The SMILES string of the molecule is C=CCc1ccc(C)cc1N(C)C(=O)[C@@H]1[C@H](O[Si](C)(C)C(C)(C)C)CCN1c1cc(C(F)(F)F)cc(Cl)n1. The topological polar surface area (TPSA) is 45.7 Å². The van der Waals surface area contributed by atoms with Crippen molar-refractivity contribution < 1.29 is 22.4 Å². The molecule has 1 saturated heterocycles. The first-order chi connectivity index (χ1) is 17.5. The fourth-order valence-corrected chi connectivity index (χ4v) is 5.98. The predicted molar refractivity (Wildman–Crippen MR) is 151 cm³/mol. The van der Waals surface area contributed by atoms with Gasteiger partial charge in [0.2, 0.25) is 0 Å². The Morgan fingerprint density at radius 2 is 1.92 bits per heavy atom. The molecule has 0 radical (unpaired) electrons. The fraction of sp³-hybridized carbons (Fsp3) is 0.500. The van der Waals surface area contributed by atoms with E-state index in [-0.39, 0.29) is 21.9 Å². The standard InChI is InChI=1S/C28H37ClF3N3O2Si/c1-9-10-19-12-11-18(2)15-21(19)34(6)26(36)25-22(37-38(7,8)27(3,4)5)13-14-35(25)24-17-20(28(30,31)32)16-23(29)33-24/h9,11-12,15-17,22,25H,1,10,13-14H2,2-8H3/t22-,25+/m1/s1. The van der Waals surface area contributed by atoms with Gasteiger partial charge in [-0.05, 0) is 67.2 Å². The Morgan fingerprint density at radius 1 is 1.26 bits per heavy atom. The molecule has 0 bridgehead atoms. The van der Waals surface area contributed by atoms with Gasteiger partial charge in [0.15, 0.2) is 8.32 Å². The summed E-state index contributed by atoms with van der Waals surface area (Å²) >= 11 is 6.03. The van der Waals surface area contributed by atoms with Crippen molar-refractivity contribution in [2.45, 2.75) is 77.0 Å². The molecule has 2 atom stereocenters. The van der Waals surface area contributed by atoms with Crippen LogP contribution in [-0.4, -0.2) is 44.9 Å². The zero-order valence-electron chi connectivity index (χ0n) is 23.1. The molecule has 0 spiro atoms. The lowest BCUT2D eigenvalue weighted by Gasteiger charge is -2.41. The summed E-state index contributed by atoms with van der Waals surface area (Å²) in [5, 5.41) is -0.402. The number of benzene rings is 1. The number of amides is 1. The molecule has 3 rings (SSSR count). The van der Waals surface area contributed by atoms with Crippen molar-refractivity contribution in [3.05, 3.63) is 64.8 Å². The van der Waals surface area contributed by atoms with Crippen LogP contribution in [0.4, 0.5) is 24.7 Å². The molecule has 5 nitrogen and oxygen atoms in total. The maximum absolute atomic E-state index is 14.2. The number of anilines is 2. The highest BCUT2D eigenvalue weighted by Crippen LogP contribution is 2.41. The first kappa shape index (κ1) is 30.2. The third-order valence-corrected chi connectivity index (χ3v) is 12.2. The largest absolute Gasteiger partial charge is 0.416 e. The van der Waals surface area contributed by atoms with Crippen molar-refractivity contribution in [3.63, 3.8) is 0 Å². The van der Waals surface area contributed by atoms with Crippen LogP contribution in [0.3, 0.4) is 0 Å². The van der Waals surface area contributed by atoms with E-state index in [1.807, 2.05) is 25.1 Å². The van der Waals surface area contributed by atoms with E-state index >= 15 is 0 Å². The number of carbonyl (C=O) groups is 1. The zero-order chi connectivity index (χ0) is 28.6. The predicted octanol–water partition coefficient (Wildman–Crippen LogP) is 7.42. The summed E-state index contributed by atoms with van der Waals surface area (Å²) in [6.45, 7) is 16.6. The van der Waals surface area contributed by atoms with E-state index in [0.717, 1.165) is 28.9 Å². The van der Waals surface area contributed by atoms with Crippen molar-refractivity contribution in [3.8, 4) is 0 Å². The fourth-order valence-electron chi connectivity index (χ4n) is 4.42. The molecule has 2 aromatic rings. The molecule has 0 N–H and O–H groups in total. The Morgan fingerprint density at radius 3 is 2.50 bits per heavy atom. The van der Waals surface area contributed by atoms with Crippen molar-refractivity contribution in [2.75, 3.05) is 23.4 Å². The monoisotopic (exact) mass is 567 g/mol. The molecule has 0 aliphatic carbocycles. The Bertz CT molecular complexity index is 1200. The van der Waals surface area contributed by atoms with Crippen LogP contribution in [0, 0.1) is 6.92 Å². The highest BCUT2D eigenvalue weighted by molar-refractivity contribution is 6.74. The molecule has 1 aromatic heterocycles. The summed E-state index contributed by atoms with van der Waals surface area (Å²) in [7, 11) is -0.633. The molecule has 1 fully saturated rings. The molecule has 1 aliphatic heterocycles. The quantitative estimate of drug-likeness (QED) is 0.198. The second-order valence-corrected chi connectivity index (χ2v) is 16.5. The van der Waals surface area contributed by atoms with Crippen LogP contribution in [0.15, 0.2) is 43.0 Å². The molecule has 0 unspecified atom stereocenters. The minimum Gasteiger partial charge on any atom is -0.411 e. The summed E-state index contributed by atoms with van der Waals surface area (Å²) in [5.74, 6) is -0.272. The lowest BCUT2D eigenvalue weighted by Crippen LogP contribution is -2.54. The van der Waals surface area contributed by atoms with Gasteiger partial charge in [-0.1, -0.05) is 50.6 Å². The van der Waals surface area contributed by atoms with E-state index in [1.54, 1.807) is 22.9 Å². The van der Waals surface area contributed by atoms with Crippen LogP contribution >= 0.6 is 11.6 Å². The number of halogens is 4. The average Bonchev–Trinajstić information content (AvgIpc) is 3.20. The van der Waals surface area contributed by atoms with Crippen LogP contribution in [0.2, 0.25) is 23.3 Å². The lowest BCUT2D eigenvalue weighted by molar-refractivity contribution is -0.137. The number of alkyl halides is 3. The van der Waals surface area contributed by atoms with Crippen molar-refractivity contribution in [1.29, 1.82) is 0 Å². The number of carbonyl (C=O) groups excluding carboxylic acids is 1. The van der Waals surface area contributed by atoms with Crippen LogP contribution < -0.4 is 9.80 Å². The van der Waals surface area contributed by atoms with Gasteiger partial charge in [-0.25, -0.2) is 4.98 Å². The minimum atomic E-state index is -4.60. The van der Waals surface area contributed by atoms with Crippen LogP contribution in [0.25, 0.3) is 0 Å². The zero-order valence-corrected chi connectivity index (χ0v) is 24.9. The number of aromatic nitrogens is 1. The minimum absolute atomic E-state index is 0.00784. The molecule has 208 valence electrons. The van der Waals surface area contributed by atoms with E-state index in [4.69, 9.17) is 16.0 Å². The third kappa shape index (κ3) is 6.43. The van der Waals surface area contributed by atoms with Crippen molar-refractivity contribution >= 4 is 37.3 Å². The Balaban J connectivity index is 2.10. The van der Waals surface area contributed by atoms with Crippen LogP contribution in [0.1, 0.15) is 43.9 Å². The summed E-state index contributed by atoms with van der Waals surface area (Å²) in [5.41, 5.74) is 1.72. The van der Waals surface area contributed by atoms with Gasteiger partial charge in [0, 0.05) is 19.3 Å². The molecule has 38 heavy (non-hydrogen) atoms. The van der Waals surface area contributed by atoms with E-state index in [1.165, 1.54) is 0 Å². The van der Waals surface area contributed by atoms with Gasteiger partial charge in [0.05, 0.1) is 11.7 Å². The normalized spacial score (nSPS) is 18.6. The first-order valence-corrected chi connectivity index (χ1v) is 15.9. The van der Waals surface area contributed by atoms with E-state index in [0.29, 0.717) is 19.4 Å². The molecule has 1 aromatic carbocycles. The first-order valence-electron chi connectivity index (χ1n) is 12.6. The molecular weight excluding hydrogens is 531 g/mol. The summed E-state index contributed by atoms with van der Waals surface area (Å²) in [6.07, 6.45) is -2.31. The van der Waals surface area contributed by atoms with Gasteiger partial charge in [0.1, 0.15) is 17.0 Å². The number of hydrogen-bond acceptors (Lipinski definition) is 4. The smallest absolute Gasteiger partial charge is 0.411 e. The Hall–Kier alpha value is -2.36. The number of aryl methyl sites for hydroxylation is 1. The average molecular weight is 568 g/mol. The number of hydrogen-bond donors (Lipinski definition) is 0. The Labute approximate surface area is 229 Å². The lowest BCUT2D eigenvalue weighted by atomic mass is 10.0. The molecule has 10 heteroatoms. The summed E-state index contributed by atoms with van der Waals surface area (Å²) in [6, 6.07) is 6.73. The van der Waals surface area contributed by atoms with E-state index < -0.39 is 32.2 Å². The highest BCUT2D eigenvalue weighted by atomic mass is 35.5. The van der Waals surface area contributed by atoms with Crippen molar-refractivity contribution in [2.24, 2.45) is 0 Å². The maximum Gasteiger partial charge on any atom is 0.416 e. The Kier molecular flexibility index (Phi) is 8.75. The molecular formula is C28H37ClF3N3O2Si. The second kappa shape index (κ2) is 11.0. The van der Waals surface area contributed by atoms with Gasteiger partial charge in [-0.2, -0.15) is 13.2 Å². The summed E-state index contributed by atoms with van der Waals surface area (Å²) < 4.78 is 47.6. The van der Waals surface area contributed by atoms with E-state index in [2.05, 4.69) is 45.4 Å². The molecule has 0 saturated carbocycles. The number of likely N-dealkylation sites (N-methyl/N-ethyl adjacent to an activating group) is 1. The van der Waals surface area contributed by atoms with E-state index in [9.17, 15) is 18.0 Å². The highest BCUT2D eigenvalue weighted by Gasteiger charge is 2.48.